The molecule has 1 heterocycles. The molecule has 1 nitrogen and oxygen atoms in total. The van der Waals surface area contributed by atoms with Crippen molar-refractivity contribution in [1.29, 1.82) is 5.26 Å². The molecule has 28 heavy (non-hydrogen) atoms. The average molecular weight is 400 g/mol. The molecule has 0 unspecified atom stereocenters. The van der Waals surface area contributed by atoms with Gasteiger partial charge in [-0.2, -0.15) is 5.26 Å². The third-order valence-electron chi connectivity index (χ3n) is 7.63. The summed E-state index contributed by atoms with van der Waals surface area (Å²) in [6, 6.07) is 11.8. The number of unbranched alkanes of at least 4 members (excludes halogenated alkanes) is 1. The van der Waals surface area contributed by atoms with Crippen molar-refractivity contribution in [3.63, 3.8) is 0 Å². The van der Waals surface area contributed by atoms with E-state index in [4.69, 9.17) is 5.26 Å². The molecule has 1 aromatic carbocycles. The summed E-state index contributed by atoms with van der Waals surface area (Å²) in [5.74, 6) is 2.66. The van der Waals surface area contributed by atoms with Crippen LogP contribution in [0.4, 0.5) is 4.39 Å². The van der Waals surface area contributed by atoms with Gasteiger partial charge >= 0.3 is 0 Å². The lowest BCUT2D eigenvalue weighted by molar-refractivity contribution is 0.184. The molecule has 154 valence electrons. The lowest BCUT2D eigenvalue weighted by Crippen LogP contribution is -2.28. The predicted molar refractivity (Wildman–Crippen MR) is 119 cm³/mol. The van der Waals surface area contributed by atoms with Crippen molar-refractivity contribution in [2.24, 2.45) is 17.8 Å². The van der Waals surface area contributed by atoms with E-state index in [1.807, 2.05) is 12.1 Å². The Balaban J connectivity index is 1.30. The lowest BCUT2D eigenvalue weighted by Gasteiger charge is -2.37. The smallest absolute Gasteiger partial charge is 0.141 e. The summed E-state index contributed by atoms with van der Waals surface area (Å²) in [5, 5.41) is 8.81. The first kappa shape index (κ1) is 21.6. The summed E-state index contributed by atoms with van der Waals surface area (Å²) >= 11 is 0. The maximum absolute atomic E-state index is 13.7. The number of rotatable bonds is 8. The third-order valence-corrected chi connectivity index (χ3v) is 11.3. The first-order valence-corrected chi connectivity index (χ1v) is 14.3. The Bertz CT molecular complexity index is 636. The zero-order valence-corrected chi connectivity index (χ0v) is 18.9. The predicted octanol–water partition coefficient (Wildman–Crippen LogP) is 7.26. The summed E-state index contributed by atoms with van der Waals surface area (Å²) in [5.41, 5.74) is 1.18. The highest BCUT2D eigenvalue weighted by Gasteiger charge is 2.30. The van der Waals surface area contributed by atoms with E-state index < -0.39 is 0 Å². The zero-order chi connectivity index (χ0) is 19.8. The van der Waals surface area contributed by atoms with Crippen molar-refractivity contribution in [3.8, 4) is 6.07 Å². The number of hydrogen-bond acceptors (Lipinski definition) is 1. The van der Waals surface area contributed by atoms with E-state index in [2.05, 4.69) is 6.92 Å². The molecular weight excluding hydrogens is 361 g/mol. The van der Waals surface area contributed by atoms with Gasteiger partial charge in [0.25, 0.3) is 0 Å². The maximum atomic E-state index is 13.7. The standard InChI is InChI=1S/C25H38FNSi/c1-2-15-28-16-13-23(14-17-28)22-10-7-20(8-11-22)5-3-4-6-21-9-12-24(19-27)25(26)18-21/h9,12,18,20,22-23,28H,2-8,10-11,13-17H2,1H3/t20-,22-,23?,28?. The topological polar surface area (TPSA) is 23.8 Å². The number of nitriles is 1. The Morgan fingerprint density at radius 1 is 1.04 bits per heavy atom. The lowest BCUT2D eigenvalue weighted by atomic mass is 9.73. The van der Waals surface area contributed by atoms with E-state index in [-0.39, 0.29) is 20.2 Å². The van der Waals surface area contributed by atoms with Gasteiger partial charge in [-0.15, -0.1) is 0 Å². The molecule has 0 spiro atoms. The van der Waals surface area contributed by atoms with Crippen LogP contribution in [0.25, 0.3) is 0 Å². The van der Waals surface area contributed by atoms with E-state index >= 15 is 0 Å². The molecule has 2 fully saturated rings. The molecule has 0 bridgehead atoms. The highest BCUT2D eigenvalue weighted by molar-refractivity contribution is 6.58. The van der Waals surface area contributed by atoms with E-state index in [1.54, 1.807) is 43.1 Å². The highest BCUT2D eigenvalue weighted by atomic mass is 28.3. The quantitative estimate of drug-likeness (QED) is 0.333. The molecular formula is C25H38FNSi. The molecule has 0 radical (unpaired) electrons. The van der Waals surface area contributed by atoms with Crippen molar-refractivity contribution in [1.82, 2.24) is 0 Å². The fraction of sp³-hybridized carbons (Fsp3) is 0.720. The van der Waals surface area contributed by atoms with Gasteiger partial charge in [-0.3, -0.25) is 0 Å². The molecule has 1 saturated heterocycles. The van der Waals surface area contributed by atoms with Gasteiger partial charge in [0.2, 0.25) is 0 Å². The van der Waals surface area contributed by atoms with Crippen molar-refractivity contribution in [3.05, 3.63) is 35.1 Å². The number of hydrogen-bond donors (Lipinski definition) is 0. The molecule has 3 rings (SSSR count). The Kier molecular flexibility index (Phi) is 8.58. The van der Waals surface area contributed by atoms with Crippen LogP contribution in [0.1, 0.15) is 82.3 Å². The first-order chi connectivity index (χ1) is 13.7. The summed E-state index contributed by atoms with van der Waals surface area (Å²) in [6.07, 6.45) is 15.1. The maximum Gasteiger partial charge on any atom is 0.141 e. The van der Waals surface area contributed by atoms with Crippen LogP contribution >= 0.6 is 0 Å². The monoisotopic (exact) mass is 399 g/mol. The minimum atomic E-state index is -0.371. The fourth-order valence-electron chi connectivity index (χ4n) is 5.87. The Morgan fingerprint density at radius 2 is 1.75 bits per heavy atom. The van der Waals surface area contributed by atoms with E-state index in [1.165, 1.54) is 44.9 Å². The van der Waals surface area contributed by atoms with Crippen LogP contribution < -0.4 is 0 Å². The van der Waals surface area contributed by atoms with Crippen LogP contribution in [0.2, 0.25) is 18.1 Å². The SMILES string of the molecule is CCC[SiH]1CCC([C@H]2CC[C@H](CCCCc3ccc(C#N)c(F)c3)CC2)CC1. The van der Waals surface area contributed by atoms with E-state index in [0.717, 1.165) is 36.2 Å². The van der Waals surface area contributed by atoms with Crippen LogP contribution in [0.3, 0.4) is 0 Å². The fourth-order valence-corrected chi connectivity index (χ4v) is 9.35. The van der Waals surface area contributed by atoms with Crippen LogP contribution in [0.5, 0.6) is 0 Å². The number of halogens is 1. The highest BCUT2D eigenvalue weighted by Crippen LogP contribution is 2.42. The van der Waals surface area contributed by atoms with Crippen LogP contribution in [0, 0.1) is 34.9 Å². The van der Waals surface area contributed by atoms with Crippen LogP contribution in [0.15, 0.2) is 18.2 Å². The summed E-state index contributed by atoms with van der Waals surface area (Å²) in [6.45, 7) is 2.36. The van der Waals surface area contributed by atoms with Gasteiger partial charge in [0.15, 0.2) is 0 Å². The second-order valence-corrected chi connectivity index (χ2v) is 13.0. The summed E-state index contributed by atoms with van der Waals surface area (Å²) in [4.78, 5) is 0. The van der Waals surface area contributed by atoms with Gasteiger partial charge < -0.3 is 0 Å². The number of nitrogens with zero attached hydrogens (tertiary/aromatic N) is 1. The van der Waals surface area contributed by atoms with Gasteiger partial charge in [-0.05, 0) is 61.1 Å². The zero-order valence-electron chi connectivity index (χ0n) is 17.8. The minimum Gasteiger partial charge on any atom is -0.206 e. The largest absolute Gasteiger partial charge is 0.206 e. The number of benzene rings is 1. The van der Waals surface area contributed by atoms with Gasteiger partial charge in [0.1, 0.15) is 11.9 Å². The molecule has 1 aliphatic carbocycles. The second-order valence-electron chi connectivity index (χ2n) is 9.52. The second kappa shape index (κ2) is 11.1. The normalized spacial score (nSPS) is 28.0. The van der Waals surface area contributed by atoms with Gasteiger partial charge in [-0.25, -0.2) is 4.39 Å². The molecule has 2 aliphatic rings. The molecule has 0 N–H and O–H groups in total. The Hall–Kier alpha value is -1.14. The summed E-state index contributed by atoms with van der Waals surface area (Å²) in [7, 11) is -0.324. The van der Waals surface area contributed by atoms with E-state index in [0.29, 0.717) is 0 Å². The van der Waals surface area contributed by atoms with Crippen molar-refractivity contribution in [2.75, 3.05) is 0 Å². The first-order valence-electron chi connectivity index (χ1n) is 11.9. The molecule has 1 aliphatic heterocycles. The Morgan fingerprint density at radius 3 is 2.39 bits per heavy atom. The summed E-state index contributed by atoms with van der Waals surface area (Å²) < 4.78 is 13.7. The number of aryl methyl sites for hydroxylation is 1. The van der Waals surface area contributed by atoms with Crippen LogP contribution in [-0.4, -0.2) is 8.80 Å². The molecule has 0 amide bonds. The molecule has 1 saturated carbocycles. The minimum absolute atomic E-state index is 0.154. The molecule has 0 aromatic heterocycles. The van der Waals surface area contributed by atoms with Crippen molar-refractivity contribution < 1.29 is 4.39 Å². The van der Waals surface area contributed by atoms with Crippen molar-refractivity contribution in [2.45, 2.75) is 95.7 Å². The van der Waals surface area contributed by atoms with Crippen LogP contribution in [-0.2, 0) is 6.42 Å². The molecule has 1 aromatic rings. The molecule has 3 heteroatoms. The van der Waals surface area contributed by atoms with Gasteiger partial charge in [0.05, 0.1) is 5.56 Å². The average Bonchev–Trinajstić information content (AvgIpc) is 2.73. The van der Waals surface area contributed by atoms with Crippen molar-refractivity contribution >= 4 is 8.80 Å². The third kappa shape index (κ3) is 6.18. The molecule has 0 atom stereocenters. The van der Waals surface area contributed by atoms with E-state index in [9.17, 15) is 4.39 Å². The van der Waals surface area contributed by atoms with Gasteiger partial charge in [-0.1, -0.05) is 76.1 Å². The van der Waals surface area contributed by atoms with Gasteiger partial charge in [0, 0.05) is 8.80 Å². The Labute approximate surface area is 173 Å².